The van der Waals surface area contributed by atoms with E-state index in [1.807, 2.05) is 19.9 Å². The van der Waals surface area contributed by atoms with Gasteiger partial charge in [-0.1, -0.05) is 18.2 Å². The van der Waals surface area contributed by atoms with E-state index in [9.17, 15) is 24.5 Å². The number of hydrogen-bond donors (Lipinski definition) is 1. The number of nitrogens with zero attached hydrogens (tertiary/aromatic N) is 2. The predicted octanol–water partition coefficient (Wildman–Crippen LogP) is 5.15. The van der Waals surface area contributed by atoms with Gasteiger partial charge in [-0.2, -0.15) is 0 Å². The average Bonchev–Trinajstić information content (AvgIpc) is 3.33. The fraction of sp³-hybridized carbons (Fsp3) is 0.125. The number of nitro benzene ring substituents is 1. The van der Waals surface area contributed by atoms with Crippen molar-refractivity contribution in [2.45, 2.75) is 13.8 Å². The van der Waals surface area contributed by atoms with Crippen molar-refractivity contribution in [2.24, 2.45) is 0 Å². The summed E-state index contributed by atoms with van der Waals surface area (Å²) in [6.45, 7) is 3.38. The highest BCUT2D eigenvalue weighted by Crippen LogP contribution is 2.35. The maximum absolute atomic E-state index is 12.7. The van der Waals surface area contributed by atoms with Crippen molar-refractivity contribution in [3.63, 3.8) is 0 Å². The van der Waals surface area contributed by atoms with Crippen molar-refractivity contribution < 1.29 is 23.7 Å². The minimum atomic E-state index is -0.616. The van der Waals surface area contributed by atoms with Gasteiger partial charge in [-0.25, -0.2) is 0 Å². The zero-order chi connectivity index (χ0) is 24.4. The van der Waals surface area contributed by atoms with Crippen LogP contribution < -0.4 is 5.32 Å². The molecular formula is C24H19N3O6S. The number of furan rings is 1. The summed E-state index contributed by atoms with van der Waals surface area (Å²) in [6.07, 6.45) is 1.38. The molecule has 1 N–H and O–H groups in total. The summed E-state index contributed by atoms with van der Waals surface area (Å²) >= 11 is 0.693. The summed E-state index contributed by atoms with van der Waals surface area (Å²) in [7, 11) is 0. The van der Waals surface area contributed by atoms with E-state index in [-0.39, 0.29) is 22.1 Å². The van der Waals surface area contributed by atoms with Gasteiger partial charge in [0.2, 0.25) is 5.91 Å². The Morgan fingerprint density at radius 2 is 1.82 bits per heavy atom. The van der Waals surface area contributed by atoms with E-state index in [1.54, 1.807) is 42.5 Å². The number of carbonyl (C=O) groups is 3. The summed E-state index contributed by atoms with van der Waals surface area (Å²) in [5.41, 5.74) is 2.72. The second-order valence-electron chi connectivity index (χ2n) is 7.67. The Kier molecular flexibility index (Phi) is 6.33. The Morgan fingerprint density at radius 1 is 1.12 bits per heavy atom. The Bertz CT molecular complexity index is 1340. The highest BCUT2D eigenvalue weighted by Gasteiger charge is 2.36. The first kappa shape index (κ1) is 23.0. The summed E-state index contributed by atoms with van der Waals surface area (Å²) in [4.78, 5) is 49.3. The molecule has 1 aliphatic rings. The topological polar surface area (TPSA) is 123 Å². The highest BCUT2D eigenvalue weighted by molar-refractivity contribution is 8.18. The Balaban J connectivity index is 1.48. The lowest BCUT2D eigenvalue weighted by molar-refractivity contribution is -0.384. The van der Waals surface area contributed by atoms with Gasteiger partial charge in [0.05, 0.1) is 15.4 Å². The number of hydrogen-bond acceptors (Lipinski definition) is 7. The molecule has 0 aliphatic carbocycles. The smallest absolute Gasteiger partial charge is 0.294 e. The average molecular weight is 477 g/mol. The van der Waals surface area contributed by atoms with E-state index in [0.29, 0.717) is 23.0 Å². The molecule has 2 aromatic carbocycles. The molecule has 10 heteroatoms. The zero-order valence-corrected chi connectivity index (χ0v) is 19.0. The van der Waals surface area contributed by atoms with Crippen molar-refractivity contribution in [1.29, 1.82) is 0 Å². The monoisotopic (exact) mass is 477 g/mol. The van der Waals surface area contributed by atoms with Gasteiger partial charge >= 0.3 is 0 Å². The molecule has 0 radical (unpaired) electrons. The molecule has 0 spiro atoms. The molecular weight excluding hydrogens is 458 g/mol. The third-order valence-corrected chi connectivity index (χ3v) is 5.85. The van der Waals surface area contributed by atoms with Crippen LogP contribution in [0.3, 0.4) is 0 Å². The lowest BCUT2D eigenvalue weighted by atomic mass is 10.1. The van der Waals surface area contributed by atoms with Crippen LogP contribution in [0.4, 0.5) is 16.2 Å². The van der Waals surface area contributed by atoms with Gasteiger partial charge in [-0.15, -0.1) is 0 Å². The summed E-state index contributed by atoms with van der Waals surface area (Å²) in [5.74, 6) is -0.608. The van der Waals surface area contributed by atoms with E-state index in [2.05, 4.69) is 5.32 Å². The Hall–Kier alpha value is -4.18. The van der Waals surface area contributed by atoms with Gasteiger partial charge in [0.1, 0.15) is 18.1 Å². The van der Waals surface area contributed by atoms with Crippen molar-refractivity contribution in [3.8, 4) is 11.3 Å². The molecule has 9 nitrogen and oxygen atoms in total. The van der Waals surface area contributed by atoms with Crippen LogP contribution in [0.5, 0.6) is 0 Å². The SMILES string of the molecule is Cc1cc(C)cc(NC(=O)CN2C(=O)S/C(=C/c3ccc(-c4ccccc4[N+](=O)[O-])o3)C2=O)c1. The number of benzene rings is 2. The van der Waals surface area contributed by atoms with E-state index in [1.165, 1.54) is 12.1 Å². The Labute approximate surface area is 198 Å². The summed E-state index contributed by atoms with van der Waals surface area (Å²) in [5, 5.41) is 13.4. The molecule has 1 fully saturated rings. The highest BCUT2D eigenvalue weighted by atomic mass is 32.2. The molecule has 0 bridgehead atoms. The normalized spacial score (nSPS) is 14.6. The number of imide groups is 1. The lowest BCUT2D eigenvalue weighted by Gasteiger charge is -2.13. The number of aryl methyl sites for hydroxylation is 2. The Morgan fingerprint density at radius 3 is 2.53 bits per heavy atom. The van der Waals surface area contributed by atoms with Gasteiger partial charge in [0, 0.05) is 17.8 Å². The van der Waals surface area contributed by atoms with Crippen molar-refractivity contribution in [3.05, 3.63) is 86.5 Å². The molecule has 0 unspecified atom stereocenters. The minimum absolute atomic E-state index is 0.0904. The number of para-hydroxylation sites is 1. The molecule has 0 saturated carbocycles. The lowest BCUT2D eigenvalue weighted by Crippen LogP contribution is -2.36. The maximum atomic E-state index is 12.7. The first-order chi connectivity index (χ1) is 16.2. The van der Waals surface area contributed by atoms with Gasteiger partial charge in [-0.3, -0.25) is 29.4 Å². The zero-order valence-electron chi connectivity index (χ0n) is 18.2. The van der Waals surface area contributed by atoms with Crippen LogP contribution in [0, 0.1) is 24.0 Å². The van der Waals surface area contributed by atoms with Gasteiger partial charge in [0.25, 0.3) is 16.8 Å². The van der Waals surface area contributed by atoms with Crippen LogP contribution in [0.15, 0.2) is 63.9 Å². The molecule has 4 rings (SSSR count). The summed E-state index contributed by atoms with van der Waals surface area (Å²) in [6, 6.07) is 14.8. The predicted molar refractivity (Wildman–Crippen MR) is 128 cm³/mol. The van der Waals surface area contributed by atoms with Crippen LogP contribution in [-0.2, 0) is 9.59 Å². The molecule has 1 saturated heterocycles. The first-order valence-corrected chi connectivity index (χ1v) is 11.0. The maximum Gasteiger partial charge on any atom is 0.294 e. The van der Waals surface area contributed by atoms with Crippen LogP contribution in [0.1, 0.15) is 16.9 Å². The van der Waals surface area contributed by atoms with Crippen LogP contribution >= 0.6 is 11.8 Å². The number of thioether (sulfide) groups is 1. The first-order valence-electron chi connectivity index (χ1n) is 10.2. The van der Waals surface area contributed by atoms with Gasteiger partial charge < -0.3 is 9.73 Å². The third-order valence-electron chi connectivity index (χ3n) is 4.95. The molecule has 3 amide bonds. The van der Waals surface area contributed by atoms with Crippen molar-refractivity contribution in [2.75, 3.05) is 11.9 Å². The number of rotatable bonds is 6. The number of nitro groups is 1. The van der Waals surface area contributed by atoms with Crippen molar-refractivity contribution in [1.82, 2.24) is 4.90 Å². The third kappa shape index (κ3) is 4.91. The number of anilines is 1. The molecule has 34 heavy (non-hydrogen) atoms. The largest absolute Gasteiger partial charge is 0.456 e. The molecule has 1 aromatic heterocycles. The van der Waals surface area contributed by atoms with Crippen LogP contribution in [-0.4, -0.2) is 33.4 Å². The second-order valence-corrected chi connectivity index (χ2v) is 8.66. The van der Waals surface area contributed by atoms with Crippen molar-refractivity contribution >= 4 is 46.3 Å². The molecule has 2 heterocycles. The number of amides is 3. The molecule has 3 aromatic rings. The minimum Gasteiger partial charge on any atom is -0.456 e. The van der Waals surface area contributed by atoms with E-state index < -0.39 is 28.5 Å². The standard InChI is InChI=1S/C24H19N3O6S/c1-14-9-15(2)11-16(10-14)25-22(28)13-26-23(29)21(34-24(26)30)12-17-7-8-20(33-17)18-5-3-4-6-19(18)27(31)32/h3-12H,13H2,1-2H3,(H,25,28)/b21-12+. The fourth-order valence-corrected chi connectivity index (χ4v) is 4.39. The molecule has 0 atom stereocenters. The van der Waals surface area contributed by atoms with E-state index >= 15 is 0 Å². The fourth-order valence-electron chi connectivity index (χ4n) is 3.57. The quantitative estimate of drug-likeness (QED) is 0.296. The van der Waals surface area contributed by atoms with Gasteiger partial charge in [-0.05, 0) is 67.1 Å². The van der Waals surface area contributed by atoms with Crippen LogP contribution in [0.25, 0.3) is 17.4 Å². The van der Waals surface area contributed by atoms with Gasteiger partial charge in [0.15, 0.2) is 0 Å². The summed E-state index contributed by atoms with van der Waals surface area (Å²) < 4.78 is 5.67. The second kappa shape index (κ2) is 9.36. The van der Waals surface area contributed by atoms with Crippen LogP contribution in [0.2, 0.25) is 0 Å². The van der Waals surface area contributed by atoms with E-state index in [4.69, 9.17) is 4.42 Å². The number of carbonyl (C=O) groups excluding carboxylic acids is 3. The molecule has 1 aliphatic heterocycles. The number of nitrogens with one attached hydrogen (secondary N) is 1. The molecule has 172 valence electrons. The van der Waals surface area contributed by atoms with E-state index in [0.717, 1.165) is 16.0 Å².